The van der Waals surface area contributed by atoms with Crippen LogP contribution in [0.3, 0.4) is 0 Å². The Morgan fingerprint density at radius 1 is 1.25 bits per heavy atom. The average molecular weight is 277 g/mol. The zero-order valence-electron chi connectivity index (χ0n) is 12.1. The third kappa shape index (κ3) is 3.37. The Bertz CT molecular complexity index is 570. The third-order valence-electron chi connectivity index (χ3n) is 2.65. The first-order chi connectivity index (χ1) is 9.62. The van der Waals surface area contributed by atoms with Crippen LogP contribution in [0.2, 0.25) is 0 Å². The van der Waals surface area contributed by atoms with Crippen molar-refractivity contribution >= 4 is 11.9 Å². The van der Waals surface area contributed by atoms with Crippen molar-refractivity contribution < 1.29 is 9.15 Å². The van der Waals surface area contributed by atoms with E-state index in [0.29, 0.717) is 18.5 Å². The second kappa shape index (κ2) is 6.23. The van der Waals surface area contributed by atoms with Crippen molar-refractivity contribution in [3.8, 4) is 6.01 Å². The Balaban J connectivity index is 2.17. The van der Waals surface area contributed by atoms with Gasteiger partial charge in [-0.15, -0.1) is 0 Å². The number of nitrogens with one attached hydrogen (secondary N) is 2. The summed E-state index contributed by atoms with van der Waals surface area (Å²) >= 11 is 0. The van der Waals surface area contributed by atoms with Gasteiger partial charge in [-0.2, -0.15) is 15.0 Å². The SMILES string of the molecule is CCOc1nc(NC)nc(NC(C)c2ccc(C)o2)n1. The van der Waals surface area contributed by atoms with Crippen LogP contribution in [0.5, 0.6) is 6.01 Å². The number of ether oxygens (including phenoxy) is 1. The molecule has 2 N–H and O–H groups in total. The highest BCUT2D eigenvalue weighted by Gasteiger charge is 2.13. The van der Waals surface area contributed by atoms with Crippen LogP contribution in [-0.2, 0) is 0 Å². The Labute approximate surface area is 117 Å². The molecule has 0 amide bonds. The molecule has 2 heterocycles. The van der Waals surface area contributed by atoms with Crippen LogP contribution in [0.25, 0.3) is 0 Å². The van der Waals surface area contributed by atoms with Gasteiger partial charge >= 0.3 is 6.01 Å². The molecule has 0 aliphatic carbocycles. The molecule has 2 rings (SSSR count). The van der Waals surface area contributed by atoms with Crippen LogP contribution >= 0.6 is 0 Å². The van der Waals surface area contributed by atoms with E-state index in [9.17, 15) is 0 Å². The highest BCUT2D eigenvalue weighted by molar-refractivity contribution is 5.37. The van der Waals surface area contributed by atoms with Crippen LogP contribution in [0, 0.1) is 6.92 Å². The molecular formula is C13H19N5O2. The van der Waals surface area contributed by atoms with E-state index in [4.69, 9.17) is 9.15 Å². The highest BCUT2D eigenvalue weighted by Crippen LogP contribution is 2.20. The molecule has 0 spiro atoms. The summed E-state index contributed by atoms with van der Waals surface area (Å²) in [6.07, 6.45) is 0. The van der Waals surface area contributed by atoms with Crippen molar-refractivity contribution in [1.29, 1.82) is 0 Å². The molecule has 7 nitrogen and oxygen atoms in total. The Hall–Kier alpha value is -2.31. The summed E-state index contributed by atoms with van der Waals surface area (Å²) < 4.78 is 10.9. The quantitative estimate of drug-likeness (QED) is 0.838. The fourth-order valence-electron chi connectivity index (χ4n) is 1.68. The predicted octanol–water partition coefficient (Wildman–Crippen LogP) is 2.39. The zero-order valence-corrected chi connectivity index (χ0v) is 12.1. The van der Waals surface area contributed by atoms with Crippen molar-refractivity contribution in [2.24, 2.45) is 0 Å². The smallest absolute Gasteiger partial charge is 0.323 e. The molecule has 0 fully saturated rings. The van der Waals surface area contributed by atoms with E-state index in [1.165, 1.54) is 0 Å². The minimum absolute atomic E-state index is 0.0507. The molecule has 0 saturated heterocycles. The van der Waals surface area contributed by atoms with E-state index in [2.05, 4.69) is 25.6 Å². The van der Waals surface area contributed by atoms with Gasteiger partial charge in [0.15, 0.2) is 0 Å². The summed E-state index contributed by atoms with van der Waals surface area (Å²) in [6, 6.07) is 4.09. The number of rotatable bonds is 6. The molecule has 0 aliphatic heterocycles. The molecule has 20 heavy (non-hydrogen) atoms. The predicted molar refractivity (Wildman–Crippen MR) is 76.0 cm³/mol. The van der Waals surface area contributed by atoms with Gasteiger partial charge < -0.3 is 19.8 Å². The second-order valence-corrected chi connectivity index (χ2v) is 4.26. The molecule has 108 valence electrons. The zero-order chi connectivity index (χ0) is 14.5. The number of hydrogen-bond acceptors (Lipinski definition) is 7. The molecule has 0 bridgehead atoms. The molecule has 7 heteroatoms. The van der Waals surface area contributed by atoms with Crippen molar-refractivity contribution in [2.45, 2.75) is 26.8 Å². The van der Waals surface area contributed by atoms with Crippen molar-refractivity contribution in [3.05, 3.63) is 23.7 Å². The minimum atomic E-state index is -0.0507. The molecule has 1 atom stereocenters. The van der Waals surface area contributed by atoms with Gasteiger partial charge in [0.1, 0.15) is 11.5 Å². The van der Waals surface area contributed by atoms with Gasteiger partial charge in [-0.1, -0.05) is 0 Å². The number of nitrogens with zero attached hydrogens (tertiary/aromatic N) is 3. The fourth-order valence-corrected chi connectivity index (χ4v) is 1.68. The van der Waals surface area contributed by atoms with Crippen LogP contribution in [-0.4, -0.2) is 28.6 Å². The van der Waals surface area contributed by atoms with E-state index < -0.39 is 0 Å². The highest BCUT2D eigenvalue weighted by atomic mass is 16.5. The Kier molecular flexibility index (Phi) is 4.39. The van der Waals surface area contributed by atoms with Gasteiger partial charge in [0, 0.05) is 7.05 Å². The van der Waals surface area contributed by atoms with Crippen LogP contribution < -0.4 is 15.4 Å². The lowest BCUT2D eigenvalue weighted by atomic mass is 10.2. The molecule has 0 aliphatic rings. The van der Waals surface area contributed by atoms with E-state index in [0.717, 1.165) is 11.5 Å². The van der Waals surface area contributed by atoms with Gasteiger partial charge in [-0.05, 0) is 32.9 Å². The number of anilines is 2. The van der Waals surface area contributed by atoms with Gasteiger partial charge in [-0.25, -0.2) is 0 Å². The monoisotopic (exact) mass is 277 g/mol. The number of aryl methyl sites for hydroxylation is 1. The standard InChI is InChI=1S/C13H19N5O2/c1-5-19-13-17-11(14-4)16-12(18-13)15-9(3)10-7-6-8(2)20-10/h6-7,9H,5H2,1-4H3,(H2,14,15,16,17,18). The number of furan rings is 1. The summed E-state index contributed by atoms with van der Waals surface area (Å²) in [4.78, 5) is 12.6. The van der Waals surface area contributed by atoms with Crippen LogP contribution in [0.1, 0.15) is 31.4 Å². The third-order valence-corrected chi connectivity index (χ3v) is 2.65. The molecule has 0 aromatic carbocycles. The van der Waals surface area contributed by atoms with Gasteiger partial charge in [0.2, 0.25) is 11.9 Å². The lowest BCUT2D eigenvalue weighted by Crippen LogP contribution is -2.12. The lowest BCUT2D eigenvalue weighted by molar-refractivity contribution is 0.312. The van der Waals surface area contributed by atoms with Gasteiger partial charge in [0.25, 0.3) is 0 Å². The van der Waals surface area contributed by atoms with E-state index in [1.807, 2.05) is 32.9 Å². The Morgan fingerprint density at radius 3 is 2.60 bits per heavy atom. The van der Waals surface area contributed by atoms with E-state index >= 15 is 0 Å². The normalized spacial score (nSPS) is 12.0. The Morgan fingerprint density at radius 2 is 2.00 bits per heavy atom. The molecule has 1 unspecified atom stereocenters. The van der Waals surface area contributed by atoms with Crippen LogP contribution in [0.15, 0.2) is 16.5 Å². The maximum Gasteiger partial charge on any atom is 0.323 e. The molecule has 0 saturated carbocycles. The maximum atomic E-state index is 5.57. The number of aromatic nitrogens is 3. The summed E-state index contributed by atoms with van der Waals surface area (Å²) in [5.41, 5.74) is 0. The summed E-state index contributed by atoms with van der Waals surface area (Å²) in [7, 11) is 1.74. The lowest BCUT2D eigenvalue weighted by Gasteiger charge is -2.12. The van der Waals surface area contributed by atoms with Crippen molar-refractivity contribution in [3.63, 3.8) is 0 Å². The maximum absolute atomic E-state index is 5.57. The first kappa shape index (κ1) is 14.1. The molecule has 2 aromatic heterocycles. The van der Waals surface area contributed by atoms with Gasteiger partial charge in [0.05, 0.1) is 12.6 Å². The van der Waals surface area contributed by atoms with E-state index in [-0.39, 0.29) is 12.1 Å². The topological polar surface area (TPSA) is 85.1 Å². The van der Waals surface area contributed by atoms with E-state index in [1.54, 1.807) is 7.05 Å². The average Bonchev–Trinajstić information content (AvgIpc) is 2.85. The second-order valence-electron chi connectivity index (χ2n) is 4.26. The largest absolute Gasteiger partial charge is 0.464 e. The van der Waals surface area contributed by atoms with Gasteiger partial charge in [-0.3, -0.25) is 0 Å². The van der Waals surface area contributed by atoms with Crippen molar-refractivity contribution in [2.75, 3.05) is 24.3 Å². The summed E-state index contributed by atoms with van der Waals surface area (Å²) in [6.45, 7) is 6.26. The first-order valence-corrected chi connectivity index (χ1v) is 6.52. The minimum Gasteiger partial charge on any atom is -0.464 e. The summed E-state index contributed by atoms with van der Waals surface area (Å²) in [5.74, 6) is 2.59. The molecular weight excluding hydrogens is 258 g/mol. The van der Waals surface area contributed by atoms with Crippen molar-refractivity contribution in [1.82, 2.24) is 15.0 Å². The molecule has 0 radical (unpaired) electrons. The van der Waals surface area contributed by atoms with Crippen LogP contribution in [0.4, 0.5) is 11.9 Å². The fraction of sp³-hybridized carbons (Fsp3) is 0.462. The number of hydrogen-bond donors (Lipinski definition) is 2. The first-order valence-electron chi connectivity index (χ1n) is 6.52. The summed E-state index contributed by atoms with van der Waals surface area (Å²) in [5, 5.41) is 6.05. The molecule has 2 aromatic rings.